The van der Waals surface area contributed by atoms with Crippen LogP contribution in [-0.2, 0) is 4.79 Å². The van der Waals surface area contributed by atoms with Crippen LogP contribution in [-0.4, -0.2) is 60.3 Å². The lowest BCUT2D eigenvalue weighted by atomic mass is 9.99. The van der Waals surface area contributed by atoms with Crippen LogP contribution in [0.25, 0.3) is 11.0 Å². The number of imidazole rings is 1. The number of carbonyl (C=O) groups excluding carboxylic acids is 2. The summed E-state index contributed by atoms with van der Waals surface area (Å²) < 4.78 is 10.7. The van der Waals surface area contributed by atoms with Gasteiger partial charge >= 0.3 is 0 Å². The maximum Gasteiger partial charge on any atom is 0.255 e. The molecule has 0 saturated heterocycles. The molecule has 40 heavy (non-hydrogen) atoms. The number of methoxy groups -OCH3 is 2. The van der Waals surface area contributed by atoms with Crippen LogP contribution >= 0.6 is 0 Å². The Morgan fingerprint density at radius 2 is 1.65 bits per heavy atom. The summed E-state index contributed by atoms with van der Waals surface area (Å²) in [6.07, 6.45) is -1.67. The van der Waals surface area contributed by atoms with Crippen LogP contribution in [0.4, 0.5) is 17.3 Å². The van der Waals surface area contributed by atoms with Crippen molar-refractivity contribution < 1.29 is 24.2 Å². The van der Waals surface area contributed by atoms with E-state index in [4.69, 9.17) is 15.2 Å². The number of aromatic amines is 1. The number of amides is 2. The summed E-state index contributed by atoms with van der Waals surface area (Å²) in [7, 11) is 2.98. The number of nitrogens with two attached hydrogens (primary N) is 1. The van der Waals surface area contributed by atoms with E-state index < -0.39 is 24.0 Å². The Labute approximate surface area is 232 Å². The number of hydrogen-bond donors (Lipinski definition) is 5. The van der Waals surface area contributed by atoms with Crippen molar-refractivity contribution in [3.05, 3.63) is 71.8 Å². The van der Waals surface area contributed by atoms with Crippen molar-refractivity contribution in [1.82, 2.24) is 15.3 Å². The SMILES string of the molecule is CCN(CC)c1ccc(C(=O)NC(c2cc(OC)cc(OC)c2)C(O)C(=O)Nc2ccc3nc(N)[nH]c3c2)cc1. The second-order valence-electron chi connectivity index (χ2n) is 9.10. The van der Waals surface area contributed by atoms with Gasteiger partial charge in [0.05, 0.1) is 31.3 Å². The van der Waals surface area contributed by atoms with Gasteiger partial charge in [0.25, 0.3) is 11.8 Å². The number of H-pyrrole nitrogens is 1. The monoisotopic (exact) mass is 546 g/mol. The smallest absolute Gasteiger partial charge is 0.255 e. The number of hydrogen-bond acceptors (Lipinski definition) is 8. The lowest BCUT2D eigenvalue weighted by Crippen LogP contribution is -2.42. The number of carbonyl (C=O) groups is 2. The zero-order valence-electron chi connectivity index (χ0n) is 22.9. The third kappa shape index (κ3) is 6.26. The number of aromatic nitrogens is 2. The molecule has 2 amide bonds. The van der Waals surface area contributed by atoms with Crippen molar-refractivity contribution in [2.24, 2.45) is 0 Å². The van der Waals surface area contributed by atoms with Gasteiger partial charge in [0.2, 0.25) is 0 Å². The molecule has 210 valence electrons. The minimum Gasteiger partial charge on any atom is -0.497 e. The van der Waals surface area contributed by atoms with Crippen LogP contribution in [0, 0.1) is 0 Å². The quantitative estimate of drug-likeness (QED) is 0.192. The first-order valence-corrected chi connectivity index (χ1v) is 12.9. The fraction of sp³-hybridized carbons (Fsp3) is 0.276. The van der Waals surface area contributed by atoms with Crippen molar-refractivity contribution in [2.45, 2.75) is 26.0 Å². The van der Waals surface area contributed by atoms with Crippen LogP contribution in [0.2, 0.25) is 0 Å². The molecular weight excluding hydrogens is 512 g/mol. The average molecular weight is 547 g/mol. The van der Waals surface area contributed by atoms with Gasteiger partial charge in [-0.2, -0.15) is 0 Å². The molecule has 0 radical (unpaired) electrons. The molecule has 4 rings (SSSR count). The maximum atomic E-state index is 13.3. The summed E-state index contributed by atoms with van der Waals surface area (Å²) in [4.78, 5) is 35.8. The highest BCUT2D eigenvalue weighted by Gasteiger charge is 2.31. The van der Waals surface area contributed by atoms with E-state index in [1.165, 1.54) is 14.2 Å². The second-order valence-corrected chi connectivity index (χ2v) is 9.10. The van der Waals surface area contributed by atoms with Gasteiger partial charge in [-0.15, -0.1) is 0 Å². The van der Waals surface area contributed by atoms with Gasteiger partial charge in [-0.25, -0.2) is 4.98 Å². The van der Waals surface area contributed by atoms with Gasteiger partial charge in [0.1, 0.15) is 11.5 Å². The molecule has 1 heterocycles. The molecule has 0 spiro atoms. The minimum atomic E-state index is -1.67. The fourth-order valence-electron chi connectivity index (χ4n) is 4.47. The van der Waals surface area contributed by atoms with E-state index in [-0.39, 0.29) is 5.95 Å². The van der Waals surface area contributed by atoms with Crippen molar-refractivity contribution in [3.8, 4) is 11.5 Å². The van der Waals surface area contributed by atoms with Crippen molar-refractivity contribution in [3.63, 3.8) is 0 Å². The molecule has 6 N–H and O–H groups in total. The van der Waals surface area contributed by atoms with E-state index in [0.717, 1.165) is 18.8 Å². The van der Waals surface area contributed by atoms with Crippen LogP contribution in [0.3, 0.4) is 0 Å². The topological polar surface area (TPSA) is 155 Å². The number of aliphatic hydroxyl groups is 1. The van der Waals surface area contributed by atoms with Crippen molar-refractivity contribution >= 4 is 40.2 Å². The summed E-state index contributed by atoms with van der Waals surface area (Å²) in [5, 5.41) is 16.8. The molecule has 0 aliphatic heterocycles. The molecule has 2 unspecified atom stereocenters. The minimum absolute atomic E-state index is 0.249. The highest BCUT2D eigenvalue weighted by atomic mass is 16.5. The number of aliphatic hydroxyl groups excluding tert-OH is 1. The summed E-state index contributed by atoms with van der Waals surface area (Å²) in [6.45, 7) is 5.80. The molecule has 11 nitrogen and oxygen atoms in total. The number of nitrogens with one attached hydrogen (secondary N) is 3. The molecule has 2 atom stereocenters. The van der Waals surface area contributed by atoms with E-state index in [2.05, 4.69) is 39.3 Å². The number of fused-ring (bicyclic) bond motifs is 1. The molecule has 0 aliphatic rings. The lowest BCUT2D eigenvalue weighted by molar-refractivity contribution is -0.125. The van der Waals surface area contributed by atoms with E-state index in [9.17, 15) is 14.7 Å². The normalized spacial score (nSPS) is 12.4. The molecule has 3 aromatic carbocycles. The van der Waals surface area contributed by atoms with Crippen LogP contribution < -0.4 is 30.7 Å². The first-order valence-electron chi connectivity index (χ1n) is 12.9. The largest absolute Gasteiger partial charge is 0.497 e. The number of ether oxygens (including phenoxy) is 2. The van der Waals surface area contributed by atoms with Crippen molar-refractivity contribution in [2.75, 3.05) is 43.3 Å². The predicted molar refractivity (Wildman–Crippen MR) is 155 cm³/mol. The molecule has 1 aromatic heterocycles. The average Bonchev–Trinajstić information content (AvgIpc) is 3.35. The Bertz CT molecular complexity index is 1460. The molecule has 11 heteroatoms. The number of benzene rings is 3. The Morgan fingerprint density at radius 1 is 1.00 bits per heavy atom. The van der Waals surface area contributed by atoms with Gasteiger partial charge in [0.15, 0.2) is 12.1 Å². The Kier molecular flexibility index (Phi) is 8.75. The molecule has 0 bridgehead atoms. The van der Waals surface area contributed by atoms with Gasteiger partial charge in [-0.05, 0) is 74.0 Å². The number of rotatable bonds is 11. The Hall–Kier alpha value is -4.77. The van der Waals surface area contributed by atoms with E-state index >= 15 is 0 Å². The third-order valence-electron chi connectivity index (χ3n) is 6.63. The first-order chi connectivity index (χ1) is 19.3. The highest BCUT2D eigenvalue weighted by Crippen LogP contribution is 2.29. The van der Waals surface area contributed by atoms with Gasteiger partial charge in [-0.3, -0.25) is 9.59 Å². The molecule has 0 aliphatic carbocycles. The summed E-state index contributed by atoms with van der Waals surface area (Å²) in [5.74, 6) is -0.0626. The zero-order valence-corrected chi connectivity index (χ0v) is 22.9. The lowest BCUT2D eigenvalue weighted by Gasteiger charge is -2.25. The molecular formula is C29H34N6O5. The molecule has 0 saturated carbocycles. The predicted octanol–water partition coefficient (Wildman–Crippen LogP) is 3.48. The number of anilines is 3. The van der Waals surface area contributed by atoms with Crippen molar-refractivity contribution in [1.29, 1.82) is 0 Å². The number of nitrogen functional groups attached to an aromatic ring is 1. The second kappa shape index (κ2) is 12.4. The Morgan fingerprint density at radius 3 is 2.25 bits per heavy atom. The first kappa shape index (κ1) is 28.2. The van der Waals surface area contributed by atoms with Gasteiger partial charge in [-0.1, -0.05) is 0 Å². The van der Waals surface area contributed by atoms with E-state index in [0.29, 0.717) is 39.3 Å². The summed E-state index contributed by atoms with van der Waals surface area (Å²) in [6, 6.07) is 15.9. The number of nitrogens with zero attached hydrogens (tertiary/aromatic N) is 2. The maximum absolute atomic E-state index is 13.3. The third-order valence-corrected chi connectivity index (χ3v) is 6.63. The highest BCUT2D eigenvalue weighted by molar-refractivity contribution is 5.98. The van der Waals surface area contributed by atoms with E-state index in [1.54, 1.807) is 48.5 Å². The standard InChI is InChI=1S/C29H34N6O5/c1-5-35(6-2)20-10-7-17(8-11-20)27(37)34-25(18-13-21(39-3)16-22(14-18)40-4)26(36)28(38)31-19-9-12-23-24(15-19)33-29(30)32-23/h7-16,25-26,36H,5-6H2,1-4H3,(H,31,38)(H,34,37)(H3,30,32,33). The summed E-state index contributed by atoms with van der Waals surface area (Å²) in [5.41, 5.74) is 9.19. The van der Waals surface area contributed by atoms with Gasteiger partial charge < -0.3 is 40.8 Å². The van der Waals surface area contributed by atoms with Gasteiger partial charge in [0, 0.05) is 36.1 Å². The Balaban J connectivity index is 1.62. The summed E-state index contributed by atoms with van der Waals surface area (Å²) >= 11 is 0. The van der Waals surface area contributed by atoms with Crippen LogP contribution in [0.5, 0.6) is 11.5 Å². The van der Waals surface area contributed by atoms with E-state index in [1.807, 2.05) is 12.1 Å². The molecule has 4 aromatic rings. The molecule has 0 fully saturated rings. The zero-order chi connectivity index (χ0) is 28.8. The van der Waals surface area contributed by atoms with Crippen LogP contribution in [0.15, 0.2) is 60.7 Å². The van der Waals surface area contributed by atoms with Crippen LogP contribution in [0.1, 0.15) is 35.8 Å². The fourth-order valence-corrected chi connectivity index (χ4v) is 4.47.